The van der Waals surface area contributed by atoms with Crippen molar-refractivity contribution < 1.29 is 18.0 Å². The van der Waals surface area contributed by atoms with Gasteiger partial charge in [0.05, 0.1) is 5.56 Å². The lowest BCUT2D eigenvalue weighted by atomic mass is 10.1. The Balaban J connectivity index is 0.00000106. The molecule has 0 atom stereocenters. The second kappa shape index (κ2) is 6.30. The zero-order chi connectivity index (χ0) is 12.8. The average molecular weight is 232 g/mol. The van der Waals surface area contributed by atoms with Gasteiger partial charge in [-0.05, 0) is 18.6 Å². The van der Waals surface area contributed by atoms with Crippen LogP contribution < -0.4 is 0 Å². The van der Waals surface area contributed by atoms with Gasteiger partial charge < -0.3 is 0 Å². The Labute approximate surface area is 93.3 Å². The first kappa shape index (κ1) is 14.7. The van der Waals surface area contributed by atoms with Crippen molar-refractivity contribution in [2.45, 2.75) is 33.4 Å². The minimum atomic E-state index is -4.34. The summed E-state index contributed by atoms with van der Waals surface area (Å²) in [4.78, 5) is 10.7. The molecule has 0 aliphatic rings. The summed E-state index contributed by atoms with van der Waals surface area (Å²) in [5, 5.41) is 0. The number of benzene rings is 1. The Bertz CT molecular complexity index is 342. The molecule has 0 aliphatic heterocycles. The normalized spacial score (nSPS) is 10.4. The van der Waals surface area contributed by atoms with Gasteiger partial charge in [-0.15, -0.1) is 0 Å². The van der Waals surface area contributed by atoms with E-state index in [-0.39, 0.29) is 12.2 Å². The zero-order valence-corrected chi connectivity index (χ0v) is 9.56. The van der Waals surface area contributed by atoms with Crippen molar-refractivity contribution in [2.75, 3.05) is 0 Å². The lowest BCUT2D eigenvalue weighted by Gasteiger charge is -2.07. The van der Waals surface area contributed by atoms with Gasteiger partial charge in [-0.3, -0.25) is 4.79 Å². The van der Waals surface area contributed by atoms with Gasteiger partial charge in [0.25, 0.3) is 0 Å². The molecule has 1 rings (SSSR count). The quantitative estimate of drug-likeness (QED) is 0.756. The van der Waals surface area contributed by atoms with Crippen molar-refractivity contribution in [3.63, 3.8) is 0 Å². The number of carbonyl (C=O) groups is 1. The molecule has 0 bridgehead atoms. The third-order valence-electron chi connectivity index (χ3n) is 1.71. The molecule has 0 unspecified atom stereocenters. The molecule has 0 saturated carbocycles. The number of rotatable bonds is 2. The van der Waals surface area contributed by atoms with Crippen LogP contribution in [0.2, 0.25) is 0 Å². The second-order valence-electron chi connectivity index (χ2n) is 3.08. The van der Waals surface area contributed by atoms with Crippen molar-refractivity contribution in [3.05, 3.63) is 35.4 Å². The molecule has 1 nitrogen and oxygen atoms in total. The summed E-state index contributed by atoms with van der Waals surface area (Å²) in [6, 6.07) is 4.81. The van der Waals surface area contributed by atoms with E-state index in [4.69, 9.17) is 0 Å². The summed E-state index contributed by atoms with van der Waals surface area (Å²) in [5.74, 6) is -0.149. The molecule has 0 heterocycles. The van der Waals surface area contributed by atoms with E-state index in [9.17, 15) is 18.0 Å². The Morgan fingerprint density at radius 2 is 1.81 bits per heavy atom. The van der Waals surface area contributed by atoms with Gasteiger partial charge in [0.2, 0.25) is 0 Å². The molecule has 0 amide bonds. The van der Waals surface area contributed by atoms with Gasteiger partial charge in [-0.2, -0.15) is 13.2 Å². The Kier molecular flexibility index (Phi) is 5.78. The highest BCUT2D eigenvalue weighted by molar-refractivity contribution is 5.78. The smallest absolute Gasteiger partial charge is 0.300 e. The highest BCUT2D eigenvalue weighted by atomic mass is 19.4. The van der Waals surface area contributed by atoms with E-state index < -0.39 is 11.7 Å². The van der Waals surface area contributed by atoms with Crippen molar-refractivity contribution >= 4 is 5.78 Å². The van der Waals surface area contributed by atoms with Gasteiger partial charge in [0.15, 0.2) is 0 Å². The second-order valence-corrected chi connectivity index (χ2v) is 3.08. The molecular weight excluding hydrogens is 217 g/mol. The Morgan fingerprint density at radius 1 is 1.25 bits per heavy atom. The molecule has 0 radical (unpaired) electrons. The van der Waals surface area contributed by atoms with Gasteiger partial charge in [-0.1, -0.05) is 32.0 Å². The lowest BCUT2D eigenvalue weighted by molar-refractivity contribution is -0.137. The van der Waals surface area contributed by atoms with E-state index in [1.165, 1.54) is 19.1 Å². The SMILES string of the molecule is CC.CC(=O)Cc1cccc(C(F)(F)F)c1. The third-order valence-corrected chi connectivity index (χ3v) is 1.71. The number of hydrogen-bond donors (Lipinski definition) is 0. The van der Waals surface area contributed by atoms with E-state index >= 15 is 0 Å². The molecule has 0 N–H and O–H groups in total. The molecule has 4 heteroatoms. The highest BCUT2D eigenvalue weighted by Gasteiger charge is 2.30. The van der Waals surface area contributed by atoms with Crippen LogP contribution >= 0.6 is 0 Å². The van der Waals surface area contributed by atoms with Crippen molar-refractivity contribution in [1.82, 2.24) is 0 Å². The summed E-state index contributed by atoms with van der Waals surface area (Å²) >= 11 is 0. The average Bonchev–Trinajstić information content (AvgIpc) is 2.19. The van der Waals surface area contributed by atoms with Crippen LogP contribution in [0.5, 0.6) is 0 Å². The maximum atomic E-state index is 12.2. The molecule has 0 saturated heterocycles. The Hall–Kier alpha value is -1.32. The first-order chi connectivity index (χ1) is 7.39. The third kappa shape index (κ3) is 4.96. The molecular formula is C12H15F3O. The predicted molar refractivity (Wildman–Crippen MR) is 57.2 cm³/mol. The maximum Gasteiger partial charge on any atom is 0.416 e. The van der Waals surface area contributed by atoms with Crippen LogP contribution in [0, 0.1) is 0 Å². The van der Waals surface area contributed by atoms with E-state index in [1.54, 1.807) is 0 Å². The van der Waals surface area contributed by atoms with Gasteiger partial charge in [0, 0.05) is 6.42 Å². The van der Waals surface area contributed by atoms with Crippen molar-refractivity contribution in [1.29, 1.82) is 0 Å². The number of halogens is 3. The molecule has 16 heavy (non-hydrogen) atoms. The first-order valence-corrected chi connectivity index (χ1v) is 5.05. The molecule has 90 valence electrons. The summed E-state index contributed by atoms with van der Waals surface area (Å²) < 4.78 is 36.7. The van der Waals surface area contributed by atoms with E-state index in [0.29, 0.717) is 5.56 Å². The summed E-state index contributed by atoms with van der Waals surface area (Å²) in [6.07, 6.45) is -4.29. The number of Topliss-reactive ketones (excluding diaryl/α,β-unsaturated/α-hetero) is 1. The number of hydrogen-bond acceptors (Lipinski definition) is 1. The fourth-order valence-electron chi connectivity index (χ4n) is 1.15. The minimum Gasteiger partial charge on any atom is -0.300 e. The number of alkyl halides is 3. The zero-order valence-electron chi connectivity index (χ0n) is 9.56. The van der Waals surface area contributed by atoms with Crippen LogP contribution in [-0.2, 0) is 17.4 Å². The van der Waals surface area contributed by atoms with E-state index in [2.05, 4.69) is 0 Å². The number of carbonyl (C=O) groups excluding carboxylic acids is 1. The molecule has 1 aromatic carbocycles. The summed E-state index contributed by atoms with van der Waals surface area (Å²) in [5.41, 5.74) is -0.316. The van der Waals surface area contributed by atoms with Gasteiger partial charge in [-0.25, -0.2) is 0 Å². The highest BCUT2D eigenvalue weighted by Crippen LogP contribution is 2.29. The van der Waals surface area contributed by atoms with E-state index in [1.807, 2.05) is 13.8 Å². The molecule has 1 aromatic rings. The minimum absolute atomic E-state index is 0.0456. The lowest BCUT2D eigenvalue weighted by Crippen LogP contribution is -2.06. The van der Waals surface area contributed by atoms with Crippen LogP contribution in [0.3, 0.4) is 0 Å². The Morgan fingerprint density at radius 3 is 2.25 bits per heavy atom. The van der Waals surface area contributed by atoms with Crippen LogP contribution in [0.1, 0.15) is 31.9 Å². The van der Waals surface area contributed by atoms with Crippen LogP contribution in [0.25, 0.3) is 0 Å². The molecule has 0 spiro atoms. The largest absolute Gasteiger partial charge is 0.416 e. The summed E-state index contributed by atoms with van der Waals surface area (Å²) in [7, 11) is 0. The molecule has 0 aromatic heterocycles. The maximum absolute atomic E-state index is 12.2. The fraction of sp³-hybridized carbons (Fsp3) is 0.417. The van der Waals surface area contributed by atoms with Crippen LogP contribution in [0.15, 0.2) is 24.3 Å². The van der Waals surface area contributed by atoms with E-state index in [0.717, 1.165) is 12.1 Å². The van der Waals surface area contributed by atoms with Crippen LogP contribution in [0.4, 0.5) is 13.2 Å². The van der Waals surface area contributed by atoms with Crippen molar-refractivity contribution in [3.8, 4) is 0 Å². The molecule has 0 aliphatic carbocycles. The van der Waals surface area contributed by atoms with Gasteiger partial charge in [0.1, 0.15) is 5.78 Å². The number of ketones is 1. The van der Waals surface area contributed by atoms with Gasteiger partial charge >= 0.3 is 6.18 Å². The first-order valence-electron chi connectivity index (χ1n) is 5.05. The molecule has 0 fully saturated rings. The monoisotopic (exact) mass is 232 g/mol. The standard InChI is InChI=1S/C10H9F3O.C2H6/c1-7(14)5-8-3-2-4-9(6-8)10(11,12)13;1-2/h2-4,6H,5H2,1H3;1-2H3. The predicted octanol–water partition coefficient (Wildman–Crippen LogP) is 3.86. The fourth-order valence-corrected chi connectivity index (χ4v) is 1.15. The van der Waals surface area contributed by atoms with Crippen LogP contribution in [-0.4, -0.2) is 5.78 Å². The summed E-state index contributed by atoms with van der Waals surface area (Å²) in [6.45, 7) is 5.35. The van der Waals surface area contributed by atoms with Crippen molar-refractivity contribution in [2.24, 2.45) is 0 Å². The topological polar surface area (TPSA) is 17.1 Å².